The Bertz CT molecular complexity index is 534. The van der Waals surface area contributed by atoms with Crippen LogP contribution < -0.4 is 5.32 Å². The Hall–Kier alpha value is -1.73. The number of hydrogen-bond acceptors (Lipinski definition) is 3. The second kappa shape index (κ2) is 7.70. The maximum absolute atomic E-state index is 14.0. The van der Waals surface area contributed by atoms with Crippen LogP contribution in [0.2, 0.25) is 0 Å². The Morgan fingerprint density at radius 1 is 1.43 bits per heavy atom. The molecule has 0 aromatic heterocycles. The number of likely N-dealkylation sites (tertiary alicyclic amines) is 1. The van der Waals surface area contributed by atoms with E-state index in [1.165, 1.54) is 18.2 Å². The highest BCUT2D eigenvalue weighted by Crippen LogP contribution is 2.24. The van der Waals surface area contributed by atoms with Crippen molar-refractivity contribution in [3.8, 4) is 0 Å². The topological polar surface area (TPSA) is 55.8 Å². The highest BCUT2D eigenvalue weighted by Gasteiger charge is 2.27. The fraction of sp³-hybridized carbons (Fsp3) is 0.562. The Kier molecular flexibility index (Phi) is 5.90. The van der Waals surface area contributed by atoms with Gasteiger partial charge in [0.15, 0.2) is 0 Å². The number of aliphatic hydroxyl groups is 1. The van der Waals surface area contributed by atoms with Crippen LogP contribution in [-0.2, 0) is 0 Å². The summed E-state index contributed by atoms with van der Waals surface area (Å²) in [5.74, 6) is -1.15. The van der Waals surface area contributed by atoms with Gasteiger partial charge in [-0.25, -0.2) is 13.6 Å². The van der Waals surface area contributed by atoms with Crippen molar-refractivity contribution in [3.63, 3.8) is 0 Å². The fourth-order valence-electron chi connectivity index (χ4n) is 2.83. The summed E-state index contributed by atoms with van der Waals surface area (Å²) in [7, 11) is 3.42. The van der Waals surface area contributed by atoms with E-state index >= 15 is 0 Å². The molecule has 1 aliphatic rings. The van der Waals surface area contributed by atoms with E-state index in [4.69, 9.17) is 5.11 Å². The molecule has 0 saturated carbocycles. The van der Waals surface area contributed by atoms with Crippen molar-refractivity contribution in [2.45, 2.75) is 12.5 Å². The summed E-state index contributed by atoms with van der Waals surface area (Å²) < 4.78 is 27.9. The number of likely N-dealkylation sites (N-methyl/N-ethyl adjacent to an activating group) is 1. The number of nitrogens with one attached hydrogen (secondary N) is 1. The molecule has 1 aromatic carbocycles. The maximum Gasteiger partial charge on any atom is 0.317 e. The lowest BCUT2D eigenvalue weighted by Gasteiger charge is -2.27. The highest BCUT2D eigenvalue weighted by molar-refractivity contribution is 5.74. The number of aliphatic hydroxyl groups excluding tert-OH is 1. The molecule has 2 amide bonds. The zero-order chi connectivity index (χ0) is 17.0. The Morgan fingerprint density at radius 3 is 2.61 bits per heavy atom. The van der Waals surface area contributed by atoms with Gasteiger partial charge in [-0.3, -0.25) is 0 Å². The molecule has 7 heteroatoms. The lowest BCUT2D eigenvalue weighted by atomic mass is 10.0. The van der Waals surface area contributed by atoms with Crippen molar-refractivity contribution in [1.82, 2.24) is 15.1 Å². The summed E-state index contributed by atoms with van der Waals surface area (Å²) in [6.07, 6.45) is 0.767. The summed E-state index contributed by atoms with van der Waals surface area (Å²) in [5, 5.41) is 11.9. The summed E-state index contributed by atoms with van der Waals surface area (Å²) >= 11 is 0. The number of halogens is 2. The standard InChI is InChI=1S/C16H23F2N3O2/c1-20(2)14(15-12(17)4-3-5-13(15)18)8-19-16(23)21-7-6-11(9-21)10-22/h3-5,11,14,22H,6-10H2,1-2H3,(H,19,23). The molecule has 1 aliphatic heterocycles. The van der Waals surface area contributed by atoms with Crippen LogP contribution in [0.3, 0.4) is 0 Å². The third-order valence-corrected chi connectivity index (χ3v) is 4.23. The molecule has 0 bridgehead atoms. The monoisotopic (exact) mass is 327 g/mol. The molecule has 0 spiro atoms. The molecule has 5 nitrogen and oxygen atoms in total. The van der Waals surface area contributed by atoms with Crippen molar-refractivity contribution in [2.75, 3.05) is 40.3 Å². The van der Waals surface area contributed by atoms with Gasteiger partial charge < -0.3 is 20.2 Å². The smallest absolute Gasteiger partial charge is 0.317 e. The lowest BCUT2D eigenvalue weighted by Crippen LogP contribution is -2.42. The molecule has 2 rings (SSSR count). The zero-order valence-corrected chi connectivity index (χ0v) is 13.4. The fourth-order valence-corrected chi connectivity index (χ4v) is 2.83. The van der Waals surface area contributed by atoms with E-state index in [1.807, 2.05) is 0 Å². The van der Waals surface area contributed by atoms with Crippen LogP contribution >= 0.6 is 0 Å². The molecule has 1 heterocycles. The summed E-state index contributed by atoms with van der Waals surface area (Å²) in [6, 6.07) is 2.87. The summed E-state index contributed by atoms with van der Waals surface area (Å²) in [4.78, 5) is 15.4. The van der Waals surface area contributed by atoms with Crippen molar-refractivity contribution >= 4 is 6.03 Å². The van der Waals surface area contributed by atoms with E-state index in [9.17, 15) is 13.6 Å². The van der Waals surface area contributed by atoms with E-state index in [0.717, 1.165) is 6.42 Å². The molecule has 2 N–H and O–H groups in total. The number of urea groups is 1. The average Bonchev–Trinajstić information content (AvgIpc) is 2.98. The number of amides is 2. The first kappa shape index (κ1) is 17.6. The lowest BCUT2D eigenvalue weighted by molar-refractivity contribution is 0.193. The molecular formula is C16H23F2N3O2. The first-order valence-corrected chi connectivity index (χ1v) is 7.68. The predicted molar refractivity (Wildman–Crippen MR) is 83.0 cm³/mol. The minimum Gasteiger partial charge on any atom is -0.396 e. The van der Waals surface area contributed by atoms with Gasteiger partial charge in [0.2, 0.25) is 0 Å². The van der Waals surface area contributed by atoms with Crippen LogP contribution in [-0.4, -0.2) is 61.3 Å². The number of benzene rings is 1. The second-order valence-electron chi connectivity index (χ2n) is 6.08. The van der Waals surface area contributed by atoms with Crippen LogP contribution in [0.15, 0.2) is 18.2 Å². The average molecular weight is 327 g/mol. The van der Waals surface area contributed by atoms with Crippen LogP contribution in [0.1, 0.15) is 18.0 Å². The predicted octanol–water partition coefficient (Wildman–Crippen LogP) is 1.59. The molecule has 0 aliphatic carbocycles. The number of carbonyl (C=O) groups is 1. The van der Waals surface area contributed by atoms with Gasteiger partial charge in [0.1, 0.15) is 11.6 Å². The van der Waals surface area contributed by atoms with Crippen LogP contribution in [0, 0.1) is 17.6 Å². The third kappa shape index (κ3) is 4.17. The molecular weight excluding hydrogens is 304 g/mol. The molecule has 23 heavy (non-hydrogen) atoms. The van der Waals surface area contributed by atoms with Crippen molar-refractivity contribution in [3.05, 3.63) is 35.4 Å². The highest BCUT2D eigenvalue weighted by atomic mass is 19.1. The van der Waals surface area contributed by atoms with Gasteiger partial charge in [0.05, 0.1) is 6.04 Å². The van der Waals surface area contributed by atoms with Gasteiger partial charge in [-0.15, -0.1) is 0 Å². The Labute approximate surface area is 134 Å². The van der Waals surface area contributed by atoms with E-state index in [2.05, 4.69) is 5.32 Å². The molecule has 0 radical (unpaired) electrons. The van der Waals surface area contributed by atoms with E-state index < -0.39 is 17.7 Å². The van der Waals surface area contributed by atoms with Gasteiger partial charge >= 0.3 is 6.03 Å². The van der Waals surface area contributed by atoms with Crippen molar-refractivity contribution < 1.29 is 18.7 Å². The largest absolute Gasteiger partial charge is 0.396 e. The zero-order valence-electron chi connectivity index (χ0n) is 13.4. The number of nitrogens with zero attached hydrogens (tertiary/aromatic N) is 2. The van der Waals surface area contributed by atoms with Gasteiger partial charge in [0, 0.05) is 37.7 Å². The third-order valence-electron chi connectivity index (χ3n) is 4.23. The molecule has 1 aromatic rings. The van der Waals surface area contributed by atoms with Gasteiger partial charge in [-0.05, 0) is 32.6 Å². The minimum atomic E-state index is -0.625. The van der Waals surface area contributed by atoms with Crippen molar-refractivity contribution in [2.24, 2.45) is 5.92 Å². The quantitative estimate of drug-likeness (QED) is 0.863. The molecule has 1 fully saturated rings. The SMILES string of the molecule is CN(C)C(CNC(=O)N1CCC(CO)C1)c1c(F)cccc1F. The van der Waals surface area contributed by atoms with Crippen molar-refractivity contribution in [1.29, 1.82) is 0 Å². The van der Waals surface area contributed by atoms with E-state index in [0.29, 0.717) is 13.1 Å². The Balaban J connectivity index is 2.02. The minimum absolute atomic E-state index is 0.0487. The van der Waals surface area contributed by atoms with E-state index in [1.54, 1.807) is 23.9 Å². The molecule has 2 atom stereocenters. The number of carbonyl (C=O) groups excluding carboxylic acids is 1. The number of hydrogen-bond donors (Lipinski definition) is 2. The first-order valence-electron chi connectivity index (χ1n) is 7.68. The Morgan fingerprint density at radius 2 is 2.09 bits per heavy atom. The molecule has 128 valence electrons. The normalized spacial score (nSPS) is 19.2. The molecule has 1 saturated heterocycles. The van der Waals surface area contributed by atoms with Gasteiger partial charge in [0.25, 0.3) is 0 Å². The van der Waals surface area contributed by atoms with Crippen LogP contribution in [0.25, 0.3) is 0 Å². The maximum atomic E-state index is 14.0. The summed E-state index contributed by atoms with van der Waals surface area (Å²) in [6.45, 7) is 1.25. The van der Waals surface area contributed by atoms with Crippen LogP contribution in [0.4, 0.5) is 13.6 Å². The van der Waals surface area contributed by atoms with Gasteiger partial charge in [-0.2, -0.15) is 0 Å². The first-order chi connectivity index (χ1) is 10.9. The molecule has 2 unspecified atom stereocenters. The number of rotatable bonds is 5. The van der Waals surface area contributed by atoms with Gasteiger partial charge in [-0.1, -0.05) is 6.07 Å². The van der Waals surface area contributed by atoms with Crippen LogP contribution in [0.5, 0.6) is 0 Å². The second-order valence-corrected chi connectivity index (χ2v) is 6.08. The summed E-state index contributed by atoms with van der Waals surface area (Å²) in [5.41, 5.74) is -0.0487. The van der Waals surface area contributed by atoms with E-state index in [-0.39, 0.29) is 30.7 Å².